The van der Waals surface area contributed by atoms with Gasteiger partial charge in [-0.1, -0.05) is 13.8 Å². The van der Waals surface area contributed by atoms with Gasteiger partial charge in [0.25, 0.3) is 0 Å². The molecule has 1 amide bonds. The maximum Gasteiger partial charge on any atom is 0.234 e. The van der Waals surface area contributed by atoms with Crippen LogP contribution in [0.15, 0.2) is 0 Å². The average molecular weight is 228 g/mol. The smallest absolute Gasteiger partial charge is 0.234 e. The van der Waals surface area contributed by atoms with Crippen molar-refractivity contribution >= 4 is 5.91 Å². The monoisotopic (exact) mass is 228 g/mol. The average Bonchev–Trinajstić information content (AvgIpc) is 2.79. The van der Waals surface area contributed by atoms with Gasteiger partial charge in [-0.25, -0.2) is 0 Å². The highest BCUT2D eigenvalue weighted by atomic mass is 16.5. The third-order valence-corrected chi connectivity index (χ3v) is 3.03. The van der Waals surface area contributed by atoms with Crippen molar-refractivity contribution in [3.8, 4) is 0 Å². The first kappa shape index (κ1) is 13.5. The van der Waals surface area contributed by atoms with Crippen molar-refractivity contribution in [3.63, 3.8) is 0 Å². The fourth-order valence-electron chi connectivity index (χ4n) is 1.92. The Morgan fingerprint density at radius 2 is 2.19 bits per heavy atom. The van der Waals surface area contributed by atoms with Gasteiger partial charge in [0.1, 0.15) is 0 Å². The summed E-state index contributed by atoms with van der Waals surface area (Å²) >= 11 is 0. The van der Waals surface area contributed by atoms with Gasteiger partial charge in [0.2, 0.25) is 5.91 Å². The molecule has 2 N–H and O–H groups in total. The SMILES string of the molecule is CCC(CC)NC(=O)CNCC1CCCO1. The fourth-order valence-corrected chi connectivity index (χ4v) is 1.92. The first-order chi connectivity index (χ1) is 7.76. The molecule has 1 aliphatic rings. The van der Waals surface area contributed by atoms with E-state index in [1.807, 2.05) is 0 Å². The summed E-state index contributed by atoms with van der Waals surface area (Å²) in [5, 5.41) is 6.14. The minimum Gasteiger partial charge on any atom is -0.377 e. The van der Waals surface area contributed by atoms with Crippen LogP contribution in [-0.2, 0) is 9.53 Å². The maximum atomic E-state index is 11.5. The third-order valence-electron chi connectivity index (χ3n) is 3.03. The third kappa shape index (κ3) is 4.94. The lowest BCUT2D eigenvalue weighted by molar-refractivity contribution is -0.121. The van der Waals surface area contributed by atoms with E-state index >= 15 is 0 Å². The summed E-state index contributed by atoms with van der Waals surface area (Å²) in [4.78, 5) is 11.5. The van der Waals surface area contributed by atoms with Crippen LogP contribution in [-0.4, -0.2) is 37.7 Å². The number of rotatable bonds is 7. The van der Waals surface area contributed by atoms with Gasteiger partial charge >= 0.3 is 0 Å². The van der Waals surface area contributed by atoms with Crippen molar-refractivity contribution in [2.75, 3.05) is 19.7 Å². The standard InChI is InChI=1S/C12H24N2O2/c1-3-10(4-2)14-12(15)9-13-8-11-6-5-7-16-11/h10-11,13H,3-9H2,1-2H3,(H,14,15). The van der Waals surface area contributed by atoms with Crippen LogP contribution < -0.4 is 10.6 Å². The van der Waals surface area contributed by atoms with Gasteiger partial charge in [0.15, 0.2) is 0 Å². The predicted octanol–water partition coefficient (Wildman–Crippen LogP) is 1.06. The molecule has 94 valence electrons. The Balaban J connectivity index is 2.05. The second kappa shape index (κ2) is 7.63. The summed E-state index contributed by atoms with van der Waals surface area (Å²) in [7, 11) is 0. The lowest BCUT2D eigenvalue weighted by Gasteiger charge is -2.15. The van der Waals surface area contributed by atoms with E-state index in [0.717, 1.165) is 38.8 Å². The van der Waals surface area contributed by atoms with Crippen LogP contribution >= 0.6 is 0 Å². The van der Waals surface area contributed by atoms with E-state index in [-0.39, 0.29) is 5.91 Å². The normalized spacial score (nSPS) is 20.3. The quantitative estimate of drug-likeness (QED) is 0.685. The molecular weight excluding hydrogens is 204 g/mol. The van der Waals surface area contributed by atoms with Crippen molar-refractivity contribution in [1.29, 1.82) is 0 Å². The van der Waals surface area contributed by atoms with Crippen molar-refractivity contribution in [3.05, 3.63) is 0 Å². The molecule has 0 aromatic carbocycles. The number of nitrogens with one attached hydrogen (secondary N) is 2. The Kier molecular flexibility index (Phi) is 6.42. The van der Waals surface area contributed by atoms with Crippen LogP contribution in [0.3, 0.4) is 0 Å². The van der Waals surface area contributed by atoms with E-state index in [0.29, 0.717) is 18.7 Å². The summed E-state index contributed by atoms with van der Waals surface area (Å²) in [6, 6.07) is 0.317. The summed E-state index contributed by atoms with van der Waals surface area (Å²) in [5.41, 5.74) is 0. The zero-order valence-corrected chi connectivity index (χ0v) is 10.4. The van der Waals surface area contributed by atoms with E-state index in [9.17, 15) is 4.79 Å². The van der Waals surface area contributed by atoms with Crippen molar-refractivity contribution in [2.45, 2.75) is 51.7 Å². The van der Waals surface area contributed by atoms with Crippen LogP contribution in [0.1, 0.15) is 39.5 Å². The number of ether oxygens (including phenoxy) is 1. The second-order valence-electron chi connectivity index (χ2n) is 4.35. The molecule has 0 aromatic heterocycles. The van der Waals surface area contributed by atoms with E-state index in [2.05, 4.69) is 24.5 Å². The van der Waals surface area contributed by atoms with Crippen molar-refractivity contribution in [1.82, 2.24) is 10.6 Å². The molecule has 0 saturated carbocycles. The van der Waals surface area contributed by atoms with Crippen LogP contribution in [0.2, 0.25) is 0 Å². The van der Waals surface area contributed by atoms with E-state index in [4.69, 9.17) is 4.74 Å². The van der Waals surface area contributed by atoms with Gasteiger partial charge in [-0.15, -0.1) is 0 Å². The molecule has 0 radical (unpaired) electrons. The van der Waals surface area contributed by atoms with Gasteiger partial charge < -0.3 is 15.4 Å². The maximum absolute atomic E-state index is 11.5. The van der Waals surface area contributed by atoms with E-state index in [1.54, 1.807) is 0 Å². The minimum atomic E-state index is 0.0895. The molecule has 1 unspecified atom stereocenters. The number of hydrogen-bond donors (Lipinski definition) is 2. The summed E-state index contributed by atoms with van der Waals surface area (Å²) in [6.45, 7) is 6.24. The number of carbonyl (C=O) groups excluding carboxylic acids is 1. The van der Waals surface area contributed by atoms with E-state index in [1.165, 1.54) is 0 Å². The Morgan fingerprint density at radius 1 is 1.44 bits per heavy atom. The van der Waals surface area contributed by atoms with Crippen molar-refractivity contribution < 1.29 is 9.53 Å². The molecule has 1 saturated heterocycles. The molecule has 16 heavy (non-hydrogen) atoms. The summed E-state index contributed by atoms with van der Waals surface area (Å²) in [6.07, 6.45) is 4.55. The minimum absolute atomic E-state index is 0.0895. The summed E-state index contributed by atoms with van der Waals surface area (Å²) < 4.78 is 5.46. The van der Waals surface area contributed by atoms with Gasteiger partial charge in [-0.2, -0.15) is 0 Å². The highest BCUT2D eigenvalue weighted by Gasteiger charge is 2.15. The lowest BCUT2D eigenvalue weighted by Crippen LogP contribution is -2.41. The Morgan fingerprint density at radius 3 is 2.75 bits per heavy atom. The molecule has 0 bridgehead atoms. The van der Waals surface area contributed by atoms with Crippen LogP contribution in [0.4, 0.5) is 0 Å². The molecule has 0 aromatic rings. The van der Waals surface area contributed by atoms with Crippen LogP contribution in [0.5, 0.6) is 0 Å². The molecule has 1 atom stereocenters. The highest BCUT2D eigenvalue weighted by Crippen LogP contribution is 2.10. The Labute approximate surface area is 98.1 Å². The van der Waals surface area contributed by atoms with Crippen LogP contribution in [0.25, 0.3) is 0 Å². The Bertz CT molecular complexity index is 199. The first-order valence-corrected chi connectivity index (χ1v) is 6.38. The lowest BCUT2D eigenvalue weighted by atomic mass is 10.2. The van der Waals surface area contributed by atoms with E-state index < -0.39 is 0 Å². The van der Waals surface area contributed by atoms with Gasteiger partial charge in [-0.05, 0) is 25.7 Å². The number of amides is 1. The second-order valence-corrected chi connectivity index (χ2v) is 4.35. The fraction of sp³-hybridized carbons (Fsp3) is 0.917. The molecule has 1 aliphatic heterocycles. The van der Waals surface area contributed by atoms with Crippen molar-refractivity contribution in [2.24, 2.45) is 0 Å². The highest BCUT2D eigenvalue weighted by molar-refractivity contribution is 5.78. The molecule has 1 heterocycles. The molecule has 1 fully saturated rings. The zero-order valence-electron chi connectivity index (χ0n) is 10.4. The number of hydrogen-bond acceptors (Lipinski definition) is 3. The molecule has 0 aliphatic carbocycles. The summed E-state index contributed by atoms with van der Waals surface area (Å²) in [5.74, 6) is 0.0895. The first-order valence-electron chi connectivity index (χ1n) is 6.38. The zero-order chi connectivity index (χ0) is 11.8. The van der Waals surface area contributed by atoms with Crippen LogP contribution in [0, 0.1) is 0 Å². The molecular formula is C12H24N2O2. The topological polar surface area (TPSA) is 50.4 Å². The number of carbonyl (C=O) groups is 1. The molecule has 0 spiro atoms. The molecule has 1 rings (SSSR count). The molecule has 4 heteroatoms. The van der Waals surface area contributed by atoms with Gasteiger partial charge in [0, 0.05) is 19.2 Å². The molecule has 4 nitrogen and oxygen atoms in total. The largest absolute Gasteiger partial charge is 0.377 e. The van der Waals surface area contributed by atoms with Gasteiger partial charge in [-0.3, -0.25) is 4.79 Å². The predicted molar refractivity (Wildman–Crippen MR) is 64.4 cm³/mol. The van der Waals surface area contributed by atoms with Gasteiger partial charge in [0.05, 0.1) is 12.6 Å². The Hall–Kier alpha value is -0.610.